The van der Waals surface area contributed by atoms with Gasteiger partial charge in [0.25, 0.3) is 0 Å². The van der Waals surface area contributed by atoms with Gasteiger partial charge in [-0.1, -0.05) is 18.2 Å². The predicted molar refractivity (Wildman–Crippen MR) is 77.6 cm³/mol. The van der Waals surface area contributed by atoms with Crippen molar-refractivity contribution >= 4 is 11.3 Å². The van der Waals surface area contributed by atoms with Crippen LogP contribution in [0.2, 0.25) is 0 Å². The minimum atomic E-state index is -0.0608. The molecule has 0 radical (unpaired) electrons. The summed E-state index contributed by atoms with van der Waals surface area (Å²) in [7, 11) is 0. The van der Waals surface area contributed by atoms with Crippen molar-refractivity contribution in [2.45, 2.75) is 6.92 Å². The minimum Gasteiger partial charge on any atom is -0.289 e. The third kappa shape index (κ3) is 2.01. The largest absolute Gasteiger partial charge is 0.289 e. The van der Waals surface area contributed by atoms with E-state index in [9.17, 15) is 4.79 Å². The number of hydrogen-bond donors (Lipinski definition) is 0. The van der Waals surface area contributed by atoms with Gasteiger partial charge in [-0.15, -0.1) is 0 Å². The van der Waals surface area contributed by atoms with Gasteiger partial charge in [-0.2, -0.15) is 5.10 Å². The van der Waals surface area contributed by atoms with Crippen molar-refractivity contribution in [3.8, 4) is 11.4 Å². The zero-order chi connectivity index (χ0) is 13.9. The zero-order valence-corrected chi connectivity index (χ0v) is 11.0. The molecule has 0 aromatic carbocycles. The van der Waals surface area contributed by atoms with Crippen molar-refractivity contribution in [1.29, 1.82) is 0 Å². The first kappa shape index (κ1) is 12.3. The van der Waals surface area contributed by atoms with E-state index in [1.807, 2.05) is 49.5 Å². The van der Waals surface area contributed by atoms with E-state index in [2.05, 4.69) is 10.1 Å². The van der Waals surface area contributed by atoms with Crippen LogP contribution in [0.15, 0.2) is 60.9 Å². The SMILES string of the molecule is C/C=C/C(=O)c1c(-c2ccccn2)nn2ccccc12. The maximum absolute atomic E-state index is 12.3. The van der Waals surface area contributed by atoms with Crippen LogP contribution < -0.4 is 0 Å². The van der Waals surface area contributed by atoms with Crippen LogP contribution in [-0.4, -0.2) is 20.4 Å². The molecule has 0 saturated carbocycles. The Hall–Kier alpha value is -2.75. The molecule has 98 valence electrons. The van der Waals surface area contributed by atoms with Crippen molar-refractivity contribution in [2.75, 3.05) is 0 Å². The third-order valence-corrected chi connectivity index (χ3v) is 3.01. The summed E-state index contributed by atoms with van der Waals surface area (Å²) in [6.07, 6.45) is 6.81. The Morgan fingerprint density at radius 1 is 1.20 bits per heavy atom. The molecule has 0 fully saturated rings. The van der Waals surface area contributed by atoms with E-state index in [0.29, 0.717) is 17.0 Å². The minimum absolute atomic E-state index is 0.0608. The number of pyridine rings is 2. The molecule has 4 heteroatoms. The Kier molecular flexibility index (Phi) is 3.13. The monoisotopic (exact) mass is 263 g/mol. The van der Waals surface area contributed by atoms with Crippen molar-refractivity contribution in [3.05, 3.63) is 66.5 Å². The summed E-state index contributed by atoms with van der Waals surface area (Å²) in [6, 6.07) is 11.2. The van der Waals surface area contributed by atoms with Crippen LogP contribution in [-0.2, 0) is 0 Å². The first-order chi connectivity index (χ1) is 9.81. The molecule has 0 aliphatic rings. The molecule has 0 atom stereocenters. The van der Waals surface area contributed by atoms with Gasteiger partial charge in [0, 0.05) is 12.4 Å². The van der Waals surface area contributed by atoms with Crippen LogP contribution in [0.4, 0.5) is 0 Å². The van der Waals surface area contributed by atoms with E-state index in [0.717, 1.165) is 5.52 Å². The molecule has 3 aromatic heterocycles. The number of nitrogens with zero attached hydrogens (tertiary/aromatic N) is 3. The number of carbonyl (C=O) groups is 1. The van der Waals surface area contributed by atoms with E-state index in [1.165, 1.54) is 0 Å². The second-order valence-corrected chi connectivity index (χ2v) is 4.33. The van der Waals surface area contributed by atoms with E-state index < -0.39 is 0 Å². The number of ketones is 1. The average molecular weight is 263 g/mol. The molecule has 0 unspecified atom stereocenters. The molecule has 3 heterocycles. The number of carbonyl (C=O) groups excluding carboxylic acids is 1. The topological polar surface area (TPSA) is 47.3 Å². The Balaban J connectivity index is 2.31. The van der Waals surface area contributed by atoms with Gasteiger partial charge in [0.15, 0.2) is 5.78 Å². The molecular weight excluding hydrogens is 250 g/mol. The lowest BCUT2D eigenvalue weighted by Gasteiger charge is -1.98. The van der Waals surface area contributed by atoms with Crippen LogP contribution >= 0.6 is 0 Å². The molecule has 0 aliphatic heterocycles. The van der Waals surface area contributed by atoms with Gasteiger partial charge in [-0.25, -0.2) is 4.52 Å². The Morgan fingerprint density at radius 3 is 2.80 bits per heavy atom. The van der Waals surface area contributed by atoms with Crippen LogP contribution in [0.25, 0.3) is 16.9 Å². The summed E-state index contributed by atoms with van der Waals surface area (Å²) in [4.78, 5) is 16.6. The highest BCUT2D eigenvalue weighted by Gasteiger charge is 2.19. The smallest absolute Gasteiger partial charge is 0.190 e. The van der Waals surface area contributed by atoms with Gasteiger partial charge in [0.1, 0.15) is 5.69 Å². The normalized spacial score (nSPS) is 11.2. The first-order valence-corrected chi connectivity index (χ1v) is 6.37. The second kappa shape index (κ2) is 5.09. The summed E-state index contributed by atoms with van der Waals surface area (Å²) >= 11 is 0. The van der Waals surface area contributed by atoms with Crippen LogP contribution in [0.5, 0.6) is 0 Å². The summed E-state index contributed by atoms with van der Waals surface area (Å²) in [5.74, 6) is -0.0608. The van der Waals surface area contributed by atoms with Gasteiger partial charge < -0.3 is 0 Å². The van der Waals surface area contributed by atoms with E-state index >= 15 is 0 Å². The molecule has 0 amide bonds. The summed E-state index contributed by atoms with van der Waals surface area (Å²) in [5, 5.41) is 4.49. The van der Waals surface area contributed by atoms with E-state index in [-0.39, 0.29) is 5.78 Å². The molecule has 0 bridgehead atoms. The molecule has 0 saturated heterocycles. The molecule has 3 aromatic rings. The van der Waals surface area contributed by atoms with E-state index in [1.54, 1.807) is 22.9 Å². The summed E-state index contributed by atoms with van der Waals surface area (Å²) in [6.45, 7) is 1.82. The van der Waals surface area contributed by atoms with E-state index in [4.69, 9.17) is 0 Å². The fourth-order valence-electron chi connectivity index (χ4n) is 2.16. The zero-order valence-electron chi connectivity index (χ0n) is 11.0. The number of rotatable bonds is 3. The van der Waals surface area contributed by atoms with Crippen molar-refractivity contribution < 1.29 is 4.79 Å². The van der Waals surface area contributed by atoms with Gasteiger partial charge >= 0.3 is 0 Å². The maximum Gasteiger partial charge on any atom is 0.190 e. The maximum atomic E-state index is 12.3. The highest BCUT2D eigenvalue weighted by Crippen LogP contribution is 2.25. The molecule has 0 aliphatic carbocycles. The molecule has 0 N–H and O–H groups in total. The lowest BCUT2D eigenvalue weighted by atomic mass is 10.1. The lowest BCUT2D eigenvalue weighted by Crippen LogP contribution is -1.97. The lowest BCUT2D eigenvalue weighted by molar-refractivity contribution is 0.104. The summed E-state index contributed by atoms with van der Waals surface area (Å²) in [5.41, 5.74) is 2.68. The Labute approximate surface area is 116 Å². The molecule has 3 rings (SSSR count). The second-order valence-electron chi connectivity index (χ2n) is 4.33. The van der Waals surface area contributed by atoms with Crippen molar-refractivity contribution in [2.24, 2.45) is 0 Å². The fourth-order valence-corrected chi connectivity index (χ4v) is 2.16. The number of aromatic nitrogens is 3. The number of fused-ring (bicyclic) bond motifs is 1. The standard InChI is InChI=1S/C16H13N3O/c1-2-7-14(20)15-13-9-4-6-11-19(13)18-16(15)12-8-3-5-10-17-12/h2-11H,1H3/b7-2+. The first-order valence-electron chi connectivity index (χ1n) is 6.37. The van der Waals surface area contributed by atoms with Crippen molar-refractivity contribution in [3.63, 3.8) is 0 Å². The fraction of sp³-hybridized carbons (Fsp3) is 0.0625. The quantitative estimate of drug-likeness (QED) is 0.538. The van der Waals surface area contributed by atoms with Crippen molar-refractivity contribution in [1.82, 2.24) is 14.6 Å². The molecular formula is C16H13N3O. The van der Waals surface area contributed by atoms with Crippen LogP contribution in [0.3, 0.4) is 0 Å². The highest BCUT2D eigenvalue weighted by molar-refractivity contribution is 6.13. The molecule has 0 spiro atoms. The average Bonchev–Trinajstić information content (AvgIpc) is 2.88. The van der Waals surface area contributed by atoms with Gasteiger partial charge in [0.05, 0.1) is 16.8 Å². The Bertz CT molecular complexity index is 788. The third-order valence-electron chi connectivity index (χ3n) is 3.01. The molecule has 4 nitrogen and oxygen atoms in total. The van der Waals surface area contributed by atoms with Gasteiger partial charge in [-0.05, 0) is 37.3 Å². The number of hydrogen-bond acceptors (Lipinski definition) is 3. The van der Waals surface area contributed by atoms with Gasteiger partial charge in [0.2, 0.25) is 0 Å². The number of allylic oxidation sites excluding steroid dienone is 2. The predicted octanol–water partition coefficient (Wildman–Crippen LogP) is 3.16. The molecule has 20 heavy (non-hydrogen) atoms. The van der Waals surface area contributed by atoms with Crippen LogP contribution in [0.1, 0.15) is 17.3 Å². The Morgan fingerprint density at radius 2 is 2.05 bits per heavy atom. The van der Waals surface area contributed by atoms with Gasteiger partial charge in [-0.3, -0.25) is 9.78 Å². The highest BCUT2D eigenvalue weighted by atomic mass is 16.1. The summed E-state index contributed by atoms with van der Waals surface area (Å²) < 4.78 is 1.71. The van der Waals surface area contributed by atoms with Crippen LogP contribution in [0, 0.1) is 0 Å².